The summed E-state index contributed by atoms with van der Waals surface area (Å²) in [5.74, 6) is -0.402. The fourth-order valence-corrected chi connectivity index (χ4v) is 2.94. The molecule has 1 fully saturated rings. The number of aliphatic hydroxyl groups is 1. The van der Waals surface area contributed by atoms with Crippen LogP contribution in [0.25, 0.3) is 0 Å². The van der Waals surface area contributed by atoms with Crippen LogP contribution in [0, 0.1) is 0 Å². The molecule has 1 heterocycles. The van der Waals surface area contributed by atoms with Crippen LogP contribution in [0.4, 0.5) is 0 Å². The first-order valence-electron chi connectivity index (χ1n) is 7.95. The van der Waals surface area contributed by atoms with E-state index < -0.39 is 12.0 Å². The van der Waals surface area contributed by atoms with Crippen LogP contribution in [0.3, 0.4) is 0 Å². The number of hydrogen-bond acceptors (Lipinski definition) is 3. The van der Waals surface area contributed by atoms with Crippen LogP contribution in [-0.4, -0.2) is 23.7 Å². The van der Waals surface area contributed by atoms with Crippen LogP contribution in [0.1, 0.15) is 36.1 Å². The fraction of sp³-hybridized carbons (Fsp3) is 0.316. The molecule has 2 aromatic carbocycles. The monoisotopic (exact) mass is 311 g/mol. The standard InChI is InChI=1S/C19H21NO3/c21-18(15-10-5-2-6-11-15)19(22)20-17(16-12-7-13-23-16)14-8-3-1-4-9-14/h1-6,8-11,16-18,21H,7,12-13H2,(H,20,22)/t16-,17-,18-/m1/s1. The van der Waals surface area contributed by atoms with E-state index in [1.807, 2.05) is 36.4 Å². The van der Waals surface area contributed by atoms with E-state index in [-0.39, 0.29) is 12.1 Å². The molecule has 1 saturated heterocycles. The van der Waals surface area contributed by atoms with Crippen molar-refractivity contribution in [3.05, 3.63) is 71.8 Å². The topological polar surface area (TPSA) is 58.6 Å². The maximum Gasteiger partial charge on any atom is 0.254 e. The average Bonchev–Trinajstić information content (AvgIpc) is 3.14. The summed E-state index contributed by atoms with van der Waals surface area (Å²) in [6, 6.07) is 18.5. The molecule has 0 radical (unpaired) electrons. The Morgan fingerprint density at radius 2 is 1.65 bits per heavy atom. The number of carbonyl (C=O) groups is 1. The Bertz CT molecular complexity index is 624. The van der Waals surface area contributed by atoms with E-state index in [2.05, 4.69) is 5.32 Å². The van der Waals surface area contributed by atoms with Crippen molar-refractivity contribution < 1.29 is 14.6 Å². The predicted molar refractivity (Wildman–Crippen MR) is 87.7 cm³/mol. The lowest BCUT2D eigenvalue weighted by Crippen LogP contribution is -2.38. The van der Waals surface area contributed by atoms with Gasteiger partial charge in [0.2, 0.25) is 0 Å². The zero-order valence-electron chi connectivity index (χ0n) is 12.9. The molecule has 1 aliphatic rings. The summed E-state index contributed by atoms with van der Waals surface area (Å²) in [5.41, 5.74) is 1.58. The van der Waals surface area contributed by atoms with Crippen LogP contribution < -0.4 is 5.32 Å². The molecule has 0 unspecified atom stereocenters. The van der Waals surface area contributed by atoms with E-state index in [9.17, 15) is 9.90 Å². The van der Waals surface area contributed by atoms with Crippen molar-refractivity contribution in [3.8, 4) is 0 Å². The first kappa shape index (κ1) is 15.7. The lowest BCUT2D eigenvalue weighted by molar-refractivity contribution is -0.131. The number of carbonyl (C=O) groups excluding carboxylic acids is 1. The number of amides is 1. The lowest BCUT2D eigenvalue weighted by atomic mass is 9.98. The minimum Gasteiger partial charge on any atom is -0.378 e. The van der Waals surface area contributed by atoms with Gasteiger partial charge >= 0.3 is 0 Å². The van der Waals surface area contributed by atoms with Crippen LogP contribution in [0.15, 0.2) is 60.7 Å². The van der Waals surface area contributed by atoms with Gasteiger partial charge in [-0.1, -0.05) is 60.7 Å². The zero-order valence-corrected chi connectivity index (χ0v) is 12.9. The molecule has 0 aliphatic carbocycles. The van der Waals surface area contributed by atoms with E-state index in [1.165, 1.54) is 0 Å². The summed E-state index contributed by atoms with van der Waals surface area (Å²) in [6.07, 6.45) is 0.667. The highest BCUT2D eigenvalue weighted by Gasteiger charge is 2.30. The average molecular weight is 311 g/mol. The molecule has 1 aliphatic heterocycles. The highest BCUT2D eigenvalue weighted by Crippen LogP contribution is 2.27. The summed E-state index contributed by atoms with van der Waals surface area (Å²) in [6.45, 7) is 0.713. The van der Waals surface area contributed by atoms with Crippen LogP contribution in [0.5, 0.6) is 0 Å². The number of hydrogen-bond donors (Lipinski definition) is 2. The normalized spacial score (nSPS) is 20.0. The van der Waals surface area contributed by atoms with Gasteiger partial charge in [0, 0.05) is 6.61 Å². The van der Waals surface area contributed by atoms with Gasteiger partial charge < -0.3 is 15.2 Å². The molecule has 0 spiro atoms. The van der Waals surface area contributed by atoms with Crippen molar-refractivity contribution in [2.24, 2.45) is 0 Å². The molecule has 120 valence electrons. The second kappa shape index (κ2) is 7.40. The van der Waals surface area contributed by atoms with Crippen molar-refractivity contribution in [2.75, 3.05) is 6.61 Å². The minimum atomic E-state index is -1.18. The summed E-state index contributed by atoms with van der Waals surface area (Å²) >= 11 is 0. The molecule has 3 rings (SSSR count). The van der Waals surface area contributed by atoms with Crippen LogP contribution in [0.2, 0.25) is 0 Å². The molecular weight excluding hydrogens is 290 g/mol. The van der Waals surface area contributed by atoms with Gasteiger partial charge in [0.15, 0.2) is 6.10 Å². The Morgan fingerprint density at radius 3 is 2.22 bits per heavy atom. The molecule has 3 atom stereocenters. The summed E-state index contributed by atoms with van der Waals surface area (Å²) in [4.78, 5) is 12.5. The largest absolute Gasteiger partial charge is 0.378 e. The Balaban J connectivity index is 1.77. The Hall–Kier alpha value is -2.17. The van der Waals surface area contributed by atoms with Crippen LogP contribution >= 0.6 is 0 Å². The third-order valence-electron chi connectivity index (χ3n) is 4.16. The van der Waals surface area contributed by atoms with Gasteiger partial charge in [-0.25, -0.2) is 0 Å². The van der Waals surface area contributed by atoms with Gasteiger partial charge in [0.05, 0.1) is 12.1 Å². The predicted octanol–water partition coefficient (Wildman–Crippen LogP) is 2.76. The highest BCUT2D eigenvalue weighted by molar-refractivity contribution is 5.82. The number of benzene rings is 2. The summed E-state index contributed by atoms with van der Waals surface area (Å²) < 4.78 is 5.76. The van der Waals surface area contributed by atoms with E-state index in [0.29, 0.717) is 12.2 Å². The number of aliphatic hydroxyl groups excluding tert-OH is 1. The van der Waals surface area contributed by atoms with Gasteiger partial charge in [-0.3, -0.25) is 4.79 Å². The Morgan fingerprint density at radius 1 is 1.04 bits per heavy atom. The third kappa shape index (κ3) is 3.78. The van der Waals surface area contributed by atoms with Gasteiger partial charge in [-0.15, -0.1) is 0 Å². The van der Waals surface area contributed by atoms with E-state index >= 15 is 0 Å². The molecule has 4 heteroatoms. The van der Waals surface area contributed by atoms with E-state index in [0.717, 1.165) is 18.4 Å². The van der Waals surface area contributed by atoms with Gasteiger partial charge in [-0.2, -0.15) is 0 Å². The SMILES string of the molecule is O=C(N[C@H](c1ccccc1)[C@H]1CCCO1)[C@H](O)c1ccccc1. The van der Waals surface area contributed by atoms with E-state index in [4.69, 9.17) is 4.74 Å². The molecule has 0 saturated carbocycles. The summed E-state index contributed by atoms with van der Waals surface area (Å²) in [7, 11) is 0. The van der Waals surface area contributed by atoms with E-state index in [1.54, 1.807) is 24.3 Å². The van der Waals surface area contributed by atoms with Crippen molar-refractivity contribution in [3.63, 3.8) is 0 Å². The van der Waals surface area contributed by atoms with Crippen molar-refractivity contribution in [2.45, 2.75) is 31.1 Å². The summed E-state index contributed by atoms with van der Waals surface area (Å²) in [5, 5.41) is 13.2. The molecule has 4 nitrogen and oxygen atoms in total. The molecule has 0 bridgehead atoms. The Kier molecular flexibility index (Phi) is 5.05. The maximum atomic E-state index is 12.5. The zero-order chi connectivity index (χ0) is 16.1. The minimum absolute atomic E-state index is 0.0516. The second-order valence-corrected chi connectivity index (χ2v) is 5.76. The van der Waals surface area contributed by atoms with Gasteiger partial charge in [-0.05, 0) is 24.0 Å². The lowest BCUT2D eigenvalue weighted by Gasteiger charge is -2.26. The molecular formula is C19H21NO3. The maximum absolute atomic E-state index is 12.5. The van der Waals surface area contributed by atoms with Crippen molar-refractivity contribution >= 4 is 5.91 Å². The molecule has 2 aromatic rings. The third-order valence-corrected chi connectivity index (χ3v) is 4.16. The Labute approximate surface area is 136 Å². The first-order chi connectivity index (χ1) is 11.3. The molecule has 0 aromatic heterocycles. The fourth-order valence-electron chi connectivity index (χ4n) is 2.94. The number of ether oxygens (including phenoxy) is 1. The first-order valence-corrected chi connectivity index (χ1v) is 7.95. The number of rotatable bonds is 5. The number of nitrogens with one attached hydrogen (secondary N) is 1. The van der Waals surface area contributed by atoms with Gasteiger partial charge in [0.1, 0.15) is 0 Å². The van der Waals surface area contributed by atoms with Crippen molar-refractivity contribution in [1.29, 1.82) is 0 Å². The van der Waals surface area contributed by atoms with Crippen LogP contribution in [-0.2, 0) is 9.53 Å². The second-order valence-electron chi connectivity index (χ2n) is 5.76. The molecule has 23 heavy (non-hydrogen) atoms. The molecule has 1 amide bonds. The molecule has 2 N–H and O–H groups in total. The smallest absolute Gasteiger partial charge is 0.254 e. The quantitative estimate of drug-likeness (QED) is 0.892. The highest BCUT2D eigenvalue weighted by atomic mass is 16.5. The van der Waals surface area contributed by atoms with Gasteiger partial charge in [0.25, 0.3) is 5.91 Å². The van der Waals surface area contributed by atoms with Crippen molar-refractivity contribution in [1.82, 2.24) is 5.32 Å².